The summed E-state index contributed by atoms with van der Waals surface area (Å²) in [6, 6.07) is 0. The molecule has 1 heterocycles. The van der Waals surface area contributed by atoms with Gasteiger partial charge in [-0.1, -0.05) is 0 Å². The first-order valence-corrected chi connectivity index (χ1v) is 3.95. The lowest BCUT2D eigenvalue weighted by Crippen LogP contribution is -1.86. The van der Waals surface area contributed by atoms with Crippen LogP contribution in [0.25, 0.3) is 0 Å². The molecule has 0 aliphatic carbocycles. The lowest BCUT2D eigenvalue weighted by molar-refractivity contribution is 1.28. The summed E-state index contributed by atoms with van der Waals surface area (Å²) in [5.41, 5.74) is 7.20. The number of hydrogen-bond donors (Lipinski definition) is 2. The lowest BCUT2D eigenvalue weighted by Gasteiger charge is -1.90. The SMILES string of the molecule is C[SH]1C=NC(N)=C1. The van der Waals surface area contributed by atoms with Gasteiger partial charge in [-0.3, -0.25) is 0 Å². The van der Waals surface area contributed by atoms with Crippen molar-refractivity contribution in [2.45, 2.75) is 0 Å². The highest BCUT2D eigenvalue weighted by molar-refractivity contribution is 8.30. The maximum atomic E-state index is 5.30. The molecule has 1 atom stereocenters. The van der Waals surface area contributed by atoms with E-state index < -0.39 is 0 Å². The van der Waals surface area contributed by atoms with Crippen LogP contribution in [0.3, 0.4) is 0 Å². The molecule has 2 N–H and O–H groups in total. The zero-order chi connectivity index (χ0) is 5.28. The molecule has 0 spiro atoms. The van der Waals surface area contributed by atoms with Crippen molar-refractivity contribution in [2.24, 2.45) is 10.7 Å². The van der Waals surface area contributed by atoms with Crippen molar-refractivity contribution < 1.29 is 0 Å². The molecule has 0 radical (unpaired) electrons. The Morgan fingerprint density at radius 1 is 1.86 bits per heavy atom. The average Bonchev–Trinajstić information content (AvgIpc) is 1.87. The summed E-state index contributed by atoms with van der Waals surface area (Å²) < 4.78 is 0. The van der Waals surface area contributed by atoms with Crippen molar-refractivity contribution >= 4 is 16.4 Å². The maximum absolute atomic E-state index is 5.30. The largest absolute Gasteiger partial charge is 0.383 e. The molecule has 0 saturated carbocycles. The van der Waals surface area contributed by atoms with Crippen molar-refractivity contribution in [3.63, 3.8) is 0 Å². The standard InChI is InChI=1S/C4H8N2S/c1-7-2-4(5)6-3-7/h2-3,7H,5H2,1H3. The molecule has 0 aromatic carbocycles. The molecule has 3 heteroatoms. The third kappa shape index (κ3) is 0.962. The Bertz CT molecular complexity index is 128. The van der Waals surface area contributed by atoms with Crippen LogP contribution >= 0.6 is 10.9 Å². The summed E-state index contributed by atoms with van der Waals surface area (Å²) in [7, 11) is -0.0831. The van der Waals surface area contributed by atoms with Gasteiger partial charge in [-0.15, -0.1) is 0 Å². The van der Waals surface area contributed by atoms with Crippen molar-refractivity contribution in [3.05, 3.63) is 11.2 Å². The first-order chi connectivity index (χ1) is 3.29. The highest BCUT2D eigenvalue weighted by Crippen LogP contribution is 2.23. The van der Waals surface area contributed by atoms with Crippen molar-refractivity contribution in [2.75, 3.05) is 6.26 Å². The van der Waals surface area contributed by atoms with Crippen LogP contribution < -0.4 is 5.73 Å². The van der Waals surface area contributed by atoms with Gasteiger partial charge in [0, 0.05) is 5.55 Å². The fourth-order valence-electron chi connectivity index (χ4n) is 0.433. The molecule has 0 bridgehead atoms. The normalized spacial score (nSPS) is 33.3. The Morgan fingerprint density at radius 2 is 2.57 bits per heavy atom. The Balaban J connectivity index is 2.69. The highest BCUT2D eigenvalue weighted by Gasteiger charge is 1.95. The summed E-state index contributed by atoms with van der Waals surface area (Å²) in [5, 5.41) is 1.98. The van der Waals surface area contributed by atoms with E-state index >= 15 is 0 Å². The summed E-state index contributed by atoms with van der Waals surface area (Å²) in [5.74, 6) is 0.675. The minimum atomic E-state index is -0.0831. The van der Waals surface area contributed by atoms with Gasteiger partial charge in [0.25, 0.3) is 0 Å². The smallest absolute Gasteiger partial charge is 0.128 e. The number of thiol groups is 1. The van der Waals surface area contributed by atoms with E-state index in [1.807, 2.05) is 11.0 Å². The topological polar surface area (TPSA) is 38.4 Å². The molecular weight excluding hydrogens is 108 g/mol. The monoisotopic (exact) mass is 116 g/mol. The predicted octanol–water partition coefficient (Wildman–Crippen LogP) is 0.417. The minimum absolute atomic E-state index is 0.0831. The van der Waals surface area contributed by atoms with Crippen LogP contribution in [0.1, 0.15) is 0 Å². The maximum Gasteiger partial charge on any atom is 0.128 e. The number of rotatable bonds is 0. The summed E-state index contributed by atoms with van der Waals surface area (Å²) >= 11 is 0. The van der Waals surface area contributed by atoms with Crippen LogP contribution in [0.4, 0.5) is 0 Å². The second-order valence-electron chi connectivity index (χ2n) is 1.46. The van der Waals surface area contributed by atoms with E-state index in [1.165, 1.54) is 0 Å². The summed E-state index contributed by atoms with van der Waals surface area (Å²) in [6.07, 6.45) is 2.11. The van der Waals surface area contributed by atoms with Gasteiger partial charge in [0.1, 0.15) is 5.82 Å². The molecule has 2 nitrogen and oxygen atoms in total. The van der Waals surface area contributed by atoms with Crippen LogP contribution in [0.5, 0.6) is 0 Å². The van der Waals surface area contributed by atoms with E-state index in [2.05, 4.69) is 11.2 Å². The van der Waals surface area contributed by atoms with Crippen molar-refractivity contribution in [1.29, 1.82) is 0 Å². The van der Waals surface area contributed by atoms with Crippen molar-refractivity contribution in [3.8, 4) is 0 Å². The number of hydrogen-bond acceptors (Lipinski definition) is 2. The molecule has 0 fully saturated rings. The zero-order valence-corrected chi connectivity index (χ0v) is 5.02. The quantitative estimate of drug-likeness (QED) is 0.442. The van der Waals surface area contributed by atoms with Gasteiger partial charge in [-0.05, 0) is 11.7 Å². The van der Waals surface area contributed by atoms with Crippen LogP contribution in [-0.4, -0.2) is 11.8 Å². The molecule has 7 heavy (non-hydrogen) atoms. The van der Waals surface area contributed by atoms with E-state index in [0.29, 0.717) is 5.82 Å². The van der Waals surface area contributed by atoms with Crippen LogP contribution in [0, 0.1) is 0 Å². The molecule has 0 amide bonds. The summed E-state index contributed by atoms with van der Waals surface area (Å²) in [6.45, 7) is 0. The van der Waals surface area contributed by atoms with E-state index in [-0.39, 0.29) is 10.9 Å². The van der Waals surface area contributed by atoms with Gasteiger partial charge in [-0.25, -0.2) is 4.99 Å². The molecule has 1 aliphatic rings. The minimum Gasteiger partial charge on any atom is -0.383 e. The van der Waals surface area contributed by atoms with Gasteiger partial charge in [0.2, 0.25) is 0 Å². The number of nitrogens with zero attached hydrogens (tertiary/aromatic N) is 1. The van der Waals surface area contributed by atoms with Gasteiger partial charge in [0.05, 0.1) is 0 Å². The van der Waals surface area contributed by atoms with Crippen LogP contribution in [0.2, 0.25) is 0 Å². The van der Waals surface area contributed by atoms with Gasteiger partial charge in [-0.2, -0.15) is 10.9 Å². The molecule has 1 aliphatic heterocycles. The molecule has 1 rings (SSSR count). The Hall–Kier alpha value is -0.440. The first kappa shape index (κ1) is 4.71. The molecule has 0 aromatic heterocycles. The molecular formula is C4H8N2S. The number of nitrogens with two attached hydrogens (primary N) is 1. The third-order valence-electron chi connectivity index (χ3n) is 0.725. The van der Waals surface area contributed by atoms with Crippen LogP contribution in [-0.2, 0) is 0 Å². The van der Waals surface area contributed by atoms with E-state index in [0.717, 1.165) is 0 Å². The van der Waals surface area contributed by atoms with Gasteiger partial charge >= 0.3 is 0 Å². The third-order valence-corrected chi connectivity index (χ3v) is 1.88. The van der Waals surface area contributed by atoms with E-state index in [4.69, 9.17) is 5.73 Å². The second kappa shape index (κ2) is 1.58. The van der Waals surface area contributed by atoms with E-state index in [1.54, 1.807) is 0 Å². The fraction of sp³-hybridized carbons (Fsp3) is 0.250. The lowest BCUT2D eigenvalue weighted by atomic mass is 10.9. The Morgan fingerprint density at radius 3 is 2.71 bits per heavy atom. The van der Waals surface area contributed by atoms with Gasteiger partial charge in [0.15, 0.2) is 0 Å². The molecule has 0 aromatic rings. The number of aliphatic imine (C=N–C) groups is 1. The second-order valence-corrected chi connectivity index (χ2v) is 3.28. The van der Waals surface area contributed by atoms with Gasteiger partial charge < -0.3 is 5.73 Å². The molecule has 0 saturated heterocycles. The van der Waals surface area contributed by atoms with Crippen LogP contribution in [0.15, 0.2) is 16.2 Å². The fourth-order valence-corrected chi connectivity index (χ4v) is 1.30. The first-order valence-electron chi connectivity index (χ1n) is 2.02. The Labute approximate surface area is 45.5 Å². The molecule has 40 valence electrons. The molecule has 1 unspecified atom stereocenters. The zero-order valence-electron chi connectivity index (χ0n) is 4.13. The average molecular weight is 116 g/mol. The predicted molar refractivity (Wildman–Crippen MR) is 35.7 cm³/mol. The Kier molecular flexibility index (Phi) is 1.06. The van der Waals surface area contributed by atoms with E-state index in [9.17, 15) is 0 Å². The highest BCUT2D eigenvalue weighted by atomic mass is 32.2. The van der Waals surface area contributed by atoms with Crippen molar-refractivity contribution in [1.82, 2.24) is 0 Å². The summed E-state index contributed by atoms with van der Waals surface area (Å²) in [4.78, 5) is 3.86.